The first kappa shape index (κ1) is 16.3. The molecule has 0 bridgehead atoms. The largest absolute Gasteiger partial charge is 0.432 e. The Kier molecular flexibility index (Phi) is 4.42. The molecule has 24 heavy (non-hydrogen) atoms. The molecular formula is C17H18F3N3O. The average Bonchev–Trinajstić information content (AvgIpc) is 2.90. The Balaban J connectivity index is 1.78. The van der Waals surface area contributed by atoms with E-state index in [1.54, 1.807) is 0 Å². The molecule has 1 heterocycles. The van der Waals surface area contributed by atoms with E-state index in [2.05, 4.69) is 20.3 Å². The van der Waals surface area contributed by atoms with Gasteiger partial charge in [0.15, 0.2) is 11.6 Å². The van der Waals surface area contributed by atoms with Gasteiger partial charge in [0.2, 0.25) is 0 Å². The van der Waals surface area contributed by atoms with Crippen LogP contribution in [0.1, 0.15) is 11.1 Å². The number of fused-ring (bicyclic) bond motifs is 1. The Morgan fingerprint density at radius 3 is 2.79 bits per heavy atom. The van der Waals surface area contributed by atoms with Crippen molar-refractivity contribution in [2.45, 2.75) is 20.1 Å². The number of rotatable bonds is 5. The summed E-state index contributed by atoms with van der Waals surface area (Å²) in [6, 6.07) is 7.93. The van der Waals surface area contributed by atoms with E-state index in [-0.39, 0.29) is 0 Å². The van der Waals surface area contributed by atoms with E-state index in [9.17, 15) is 13.2 Å². The van der Waals surface area contributed by atoms with E-state index in [0.29, 0.717) is 12.2 Å². The maximum Gasteiger partial charge on any atom is 0.387 e. The lowest BCUT2D eigenvalue weighted by molar-refractivity contribution is -0.0521. The number of anilines is 3. The minimum absolute atomic E-state index is 0.462. The highest BCUT2D eigenvalue weighted by molar-refractivity contribution is 5.79. The average molecular weight is 337 g/mol. The summed E-state index contributed by atoms with van der Waals surface area (Å²) in [4.78, 5) is 2.11. The standard InChI is InChI=1S/C17H18F3N3O/c1-10-3-5-14-16(23(2)9-22-14)12(10)8-21-11-4-6-15(13(18)7-11)24-17(19)20/h3-7,17,21-22H,8-9H2,1-2H3. The second kappa shape index (κ2) is 6.51. The molecule has 0 fully saturated rings. The molecule has 0 saturated carbocycles. The zero-order valence-electron chi connectivity index (χ0n) is 13.4. The van der Waals surface area contributed by atoms with Crippen molar-refractivity contribution in [2.24, 2.45) is 0 Å². The van der Waals surface area contributed by atoms with Gasteiger partial charge in [-0.2, -0.15) is 8.78 Å². The molecule has 128 valence electrons. The van der Waals surface area contributed by atoms with Crippen LogP contribution in [0.25, 0.3) is 0 Å². The highest BCUT2D eigenvalue weighted by Gasteiger charge is 2.20. The Hall–Kier alpha value is -2.57. The monoisotopic (exact) mass is 337 g/mol. The van der Waals surface area contributed by atoms with Gasteiger partial charge in [-0.25, -0.2) is 4.39 Å². The first-order valence-electron chi connectivity index (χ1n) is 7.51. The summed E-state index contributed by atoms with van der Waals surface area (Å²) in [6.07, 6.45) is 0. The third-order valence-corrected chi connectivity index (χ3v) is 4.02. The van der Waals surface area contributed by atoms with Gasteiger partial charge >= 0.3 is 6.61 Å². The number of benzene rings is 2. The summed E-state index contributed by atoms with van der Waals surface area (Å²) in [5, 5.41) is 6.44. The van der Waals surface area contributed by atoms with Crippen molar-refractivity contribution in [3.05, 3.63) is 47.3 Å². The Labute approximate surface area is 138 Å². The third kappa shape index (κ3) is 3.20. The quantitative estimate of drug-likeness (QED) is 0.859. The number of nitrogens with one attached hydrogen (secondary N) is 2. The van der Waals surface area contributed by atoms with E-state index in [1.165, 1.54) is 12.1 Å². The van der Waals surface area contributed by atoms with Gasteiger partial charge in [-0.05, 0) is 36.2 Å². The zero-order valence-corrected chi connectivity index (χ0v) is 13.4. The van der Waals surface area contributed by atoms with Gasteiger partial charge < -0.3 is 20.3 Å². The summed E-state index contributed by atoms with van der Waals surface area (Å²) in [7, 11) is 2.00. The van der Waals surface area contributed by atoms with Gasteiger partial charge in [0.05, 0.1) is 18.0 Å². The van der Waals surface area contributed by atoms with Crippen LogP contribution in [0.5, 0.6) is 5.75 Å². The van der Waals surface area contributed by atoms with Gasteiger partial charge in [0, 0.05) is 25.3 Å². The highest BCUT2D eigenvalue weighted by Crippen LogP contribution is 2.36. The van der Waals surface area contributed by atoms with Crippen LogP contribution in [0.3, 0.4) is 0 Å². The van der Waals surface area contributed by atoms with Gasteiger partial charge in [-0.15, -0.1) is 0 Å². The SMILES string of the molecule is Cc1ccc2c(c1CNc1ccc(OC(F)F)c(F)c1)N(C)CN2. The maximum atomic E-state index is 13.8. The van der Waals surface area contributed by atoms with Gasteiger partial charge in [-0.1, -0.05) is 6.07 Å². The van der Waals surface area contributed by atoms with Gasteiger partial charge in [0.1, 0.15) is 0 Å². The lowest BCUT2D eigenvalue weighted by atomic mass is 10.0. The van der Waals surface area contributed by atoms with E-state index >= 15 is 0 Å². The number of hydrogen-bond acceptors (Lipinski definition) is 4. The summed E-state index contributed by atoms with van der Waals surface area (Å²) < 4.78 is 42.2. The van der Waals surface area contributed by atoms with Crippen molar-refractivity contribution >= 4 is 17.1 Å². The van der Waals surface area contributed by atoms with Gasteiger partial charge in [-0.3, -0.25) is 0 Å². The van der Waals surface area contributed by atoms with Crippen LogP contribution in [0.2, 0.25) is 0 Å². The van der Waals surface area contributed by atoms with E-state index < -0.39 is 18.2 Å². The summed E-state index contributed by atoms with van der Waals surface area (Å²) in [5.74, 6) is -1.29. The fourth-order valence-corrected chi connectivity index (χ4v) is 2.81. The Bertz CT molecular complexity index is 752. The molecule has 0 aromatic heterocycles. The first-order valence-corrected chi connectivity index (χ1v) is 7.51. The molecule has 2 aromatic rings. The van der Waals surface area contributed by atoms with Crippen LogP contribution >= 0.6 is 0 Å². The summed E-state index contributed by atoms with van der Waals surface area (Å²) in [6.45, 7) is 0.204. The fraction of sp³-hybridized carbons (Fsp3) is 0.294. The highest BCUT2D eigenvalue weighted by atomic mass is 19.3. The zero-order chi connectivity index (χ0) is 17.3. The molecular weight excluding hydrogens is 319 g/mol. The fourth-order valence-electron chi connectivity index (χ4n) is 2.81. The lowest BCUT2D eigenvalue weighted by Gasteiger charge is -2.18. The molecule has 4 nitrogen and oxygen atoms in total. The van der Waals surface area contributed by atoms with Crippen LogP contribution in [0.4, 0.5) is 30.2 Å². The molecule has 1 aliphatic heterocycles. The molecule has 0 radical (unpaired) electrons. The maximum absolute atomic E-state index is 13.8. The van der Waals surface area contributed by atoms with Crippen LogP contribution < -0.4 is 20.3 Å². The minimum Gasteiger partial charge on any atom is -0.432 e. The number of halogens is 3. The van der Waals surface area contributed by atoms with E-state index in [1.807, 2.05) is 26.1 Å². The number of aryl methyl sites for hydroxylation is 1. The molecule has 3 rings (SSSR count). The predicted octanol–water partition coefficient (Wildman–Crippen LogP) is 4.17. The molecule has 0 spiro atoms. The molecule has 0 unspecified atom stereocenters. The summed E-state index contributed by atoms with van der Waals surface area (Å²) >= 11 is 0. The van der Waals surface area contributed by atoms with Crippen molar-refractivity contribution in [3.63, 3.8) is 0 Å². The van der Waals surface area contributed by atoms with Crippen molar-refractivity contribution in [2.75, 3.05) is 29.2 Å². The lowest BCUT2D eigenvalue weighted by Crippen LogP contribution is -2.18. The molecule has 1 aliphatic rings. The number of alkyl halides is 2. The third-order valence-electron chi connectivity index (χ3n) is 4.02. The molecule has 0 saturated heterocycles. The van der Waals surface area contributed by atoms with Crippen molar-refractivity contribution < 1.29 is 17.9 Å². The smallest absolute Gasteiger partial charge is 0.387 e. The van der Waals surface area contributed by atoms with Gasteiger partial charge in [0.25, 0.3) is 0 Å². The van der Waals surface area contributed by atoms with Crippen molar-refractivity contribution in [1.29, 1.82) is 0 Å². The van der Waals surface area contributed by atoms with Crippen LogP contribution in [0, 0.1) is 12.7 Å². The second-order valence-electron chi connectivity index (χ2n) is 5.67. The molecule has 2 N–H and O–H groups in total. The van der Waals surface area contributed by atoms with Crippen molar-refractivity contribution in [3.8, 4) is 5.75 Å². The van der Waals surface area contributed by atoms with E-state index in [4.69, 9.17) is 0 Å². The molecule has 0 atom stereocenters. The molecule has 7 heteroatoms. The molecule has 2 aromatic carbocycles. The topological polar surface area (TPSA) is 36.5 Å². The minimum atomic E-state index is -3.05. The number of nitrogens with zero attached hydrogens (tertiary/aromatic N) is 1. The molecule has 0 amide bonds. The number of hydrogen-bond donors (Lipinski definition) is 2. The Morgan fingerprint density at radius 2 is 2.08 bits per heavy atom. The van der Waals surface area contributed by atoms with Crippen LogP contribution in [-0.2, 0) is 6.54 Å². The predicted molar refractivity (Wildman–Crippen MR) is 88.4 cm³/mol. The van der Waals surface area contributed by atoms with Crippen LogP contribution in [0.15, 0.2) is 30.3 Å². The number of ether oxygens (including phenoxy) is 1. The summed E-state index contributed by atoms with van der Waals surface area (Å²) in [5.41, 5.74) is 4.90. The Morgan fingerprint density at radius 1 is 1.29 bits per heavy atom. The normalized spacial score (nSPS) is 13.0. The first-order chi connectivity index (χ1) is 11.5. The second-order valence-corrected chi connectivity index (χ2v) is 5.67. The van der Waals surface area contributed by atoms with E-state index in [0.717, 1.165) is 35.2 Å². The van der Waals surface area contributed by atoms with Crippen LogP contribution in [-0.4, -0.2) is 20.3 Å². The molecule has 0 aliphatic carbocycles. The van der Waals surface area contributed by atoms with Crippen molar-refractivity contribution in [1.82, 2.24) is 0 Å².